The lowest BCUT2D eigenvalue weighted by molar-refractivity contribution is -0.122. The maximum absolute atomic E-state index is 12.4. The van der Waals surface area contributed by atoms with E-state index in [1.165, 1.54) is 12.0 Å². The fraction of sp³-hybridized carbons (Fsp3) is 0.190. The fourth-order valence-electron chi connectivity index (χ4n) is 2.73. The average molecular weight is 412 g/mol. The Bertz CT molecular complexity index is 959. The maximum Gasteiger partial charge on any atom is 0.293 e. The highest BCUT2D eigenvalue weighted by Gasteiger charge is 2.34. The lowest BCUT2D eigenvalue weighted by Crippen LogP contribution is -2.27. The van der Waals surface area contributed by atoms with Crippen molar-refractivity contribution in [2.75, 3.05) is 25.6 Å². The van der Waals surface area contributed by atoms with Gasteiger partial charge in [0.15, 0.2) is 18.1 Å². The zero-order valence-electron chi connectivity index (χ0n) is 16.0. The Hall–Kier alpha value is -3.26. The molecule has 0 spiro atoms. The summed E-state index contributed by atoms with van der Waals surface area (Å²) in [5, 5.41) is 2.43. The molecule has 1 aliphatic rings. The number of ether oxygens (including phenoxy) is 2. The van der Waals surface area contributed by atoms with Gasteiger partial charge in [-0.25, -0.2) is 0 Å². The summed E-state index contributed by atoms with van der Waals surface area (Å²) >= 11 is 0.872. The Balaban J connectivity index is 1.80. The van der Waals surface area contributed by atoms with Crippen LogP contribution >= 0.6 is 11.8 Å². The van der Waals surface area contributed by atoms with E-state index >= 15 is 0 Å². The van der Waals surface area contributed by atoms with E-state index in [0.717, 1.165) is 11.8 Å². The standard InChI is InChI=1S/C21H20N2O5S/c1-3-23-20(25)17(29-21(23)26)12-14-8-7-11-16(27-2)19(14)28-13-18(24)22-15-9-5-4-6-10-15/h4-12H,3,13H2,1-2H3,(H,22,24)/b17-12+. The molecule has 1 saturated heterocycles. The lowest BCUT2D eigenvalue weighted by atomic mass is 10.1. The topological polar surface area (TPSA) is 84.9 Å². The van der Waals surface area contributed by atoms with Crippen LogP contribution in [0, 0.1) is 0 Å². The molecule has 1 heterocycles. The molecule has 3 amide bonds. The van der Waals surface area contributed by atoms with E-state index in [0.29, 0.717) is 34.2 Å². The van der Waals surface area contributed by atoms with Crippen LogP contribution in [0.25, 0.3) is 6.08 Å². The smallest absolute Gasteiger partial charge is 0.293 e. The summed E-state index contributed by atoms with van der Waals surface area (Å²) < 4.78 is 11.1. The van der Waals surface area contributed by atoms with Gasteiger partial charge >= 0.3 is 0 Å². The van der Waals surface area contributed by atoms with Gasteiger partial charge in [-0.2, -0.15) is 0 Å². The first-order valence-corrected chi connectivity index (χ1v) is 9.75. The molecule has 2 aromatic rings. The molecule has 3 rings (SSSR count). The minimum Gasteiger partial charge on any atom is -0.493 e. The van der Waals surface area contributed by atoms with Gasteiger partial charge in [0.25, 0.3) is 17.1 Å². The van der Waals surface area contributed by atoms with Gasteiger partial charge in [-0.05, 0) is 43.0 Å². The van der Waals surface area contributed by atoms with Gasteiger partial charge in [-0.3, -0.25) is 19.3 Å². The van der Waals surface area contributed by atoms with Crippen molar-refractivity contribution in [1.29, 1.82) is 0 Å². The molecule has 29 heavy (non-hydrogen) atoms. The number of imide groups is 1. The van der Waals surface area contributed by atoms with E-state index in [4.69, 9.17) is 9.47 Å². The van der Waals surface area contributed by atoms with Gasteiger partial charge in [-0.1, -0.05) is 30.3 Å². The first-order chi connectivity index (χ1) is 14.0. The number of anilines is 1. The highest BCUT2D eigenvalue weighted by molar-refractivity contribution is 8.18. The summed E-state index contributed by atoms with van der Waals surface area (Å²) in [7, 11) is 1.49. The van der Waals surface area contributed by atoms with Crippen LogP contribution in [0.3, 0.4) is 0 Å². The van der Waals surface area contributed by atoms with Crippen molar-refractivity contribution in [2.24, 2.45) is 0 Å². The summed E-state index contributed by atoms with van der Waals surface area (Å²) in [6.07, 6.45) is 1.58. The number of likely N-dealkylation sites (N-methyl/N-ethyl adjacent to an activating group) is 1. The molecule has 1 N–H and O–H groups in total. The van der Waals surface area contributed by atoms with Crippen LogP contribution in [0.2, 0.25) is 0 Å². The van der Waals surface area contributed by atoms with Gasteiger partial charge < -0.3 is 14.8 Å². The maximum atomic E-state index is 12.4. The van der Waals surface area contributed by atoms with E-state index in [-0.39, 0.29) is 23.7 Å². The molecule has 0 aromatic heterocycles. The zero-order valence-corrected chi connectivity index (χ0v) is 16.8. The van der Waals surface area contributed by atoms with Crippen molar-refractivity contribution in [1.82, 2.24) is 4.90 Å². The molecule has 0 saturated carbocycles. The number of para-hydroxylation sites is 2. The highest BCUT2D eigenvalue weighted by Crippen LogP contribution is 2.37. The van der Waals surface area contributed by atoms with E-state index in [9.17, 15) is 14.4 Å². The van der Waals surface area contributed by atoms with Crippen LogP contribution in [0.15, 0.2) is 53.4 Å². The summed E-state index contributed by atoms with van der Waals surface area (Å²) in [6, 6.07) is 14.2. The largest absolute Gasteiger partial charge is 0.493 e. The number of benzene rings is 2. The average Bonchev–Trinajstić information content (AvgIpc) is 2.99. The number of amides is 3. The highest BCUT2D eigenvalue weighted by atomic mass is 32.2. The Morgan fingerprint density at radius 1 is 1.14 bits per heavy atom. The number of carbonyl (C=O) groups is 3. The molecule has 0 aliphatic carbocycles. The minimum atomic E-state index is -0.349. The molecule has 7 nitrogen and oxygen atoms in total. The number of nitrogens with zero attached hydrogens (tertiary/aromatic N) is 1. The number of carbonyl (C=O) groups excluding carboxylic acids is 3. The molecule has 0 atom stereocenters. The molecule has 2 aromatic carbocycles. The normalized spacial score (nSPS) is 15.0. The third-order valence-corrected chi connectivity index (χ3v) is 5.02. The molecule has 8 heteroatoms. The van der Waals surface area contributed by atoms with Crippen molar-refractivity contribution in [2.45, 2.75) is 6.92 Å². The van der Waals surface area contributed by atoms with Crippen molar-refractivity contribution in [3.63, 3.8) is 0 Å². The molecule has 1 aliphatic heterocycles. The second-order valence-corrected chi connectivity index (χ2v) is 7.00. The summed E-state index contributed by atoms with van der Waals surface area (Å²) in [5.74, 6) is 0.0555. The minimum absolute atomic E-state index is 0.244. The Labute approximate surface area is 172 Å². The monoisotopic (exact) mass is 412 g/mol. The summed E-state index contributed by atoms with van der Waals surface area (Å²) in [6.45, 7) is 1.81. The van der Waals surface area contributed by atoms with Gasteiger partial charge in [0.1, 0.15) is 0 Å². The molecule has 0 unspecified atom stereocenters. The molecule has 150 valence electrons. The summed E-state index contributed by atoms with van der Waals surface area (Å²) in [5.41, 5.74) is 1.20. The van der Waals surface area contributed by atoms with Crippen LogP contribution < -0.4 is 14.8 Å². The lowest BCUT2D eigenvalue weighted by Gasteiger charge is -2.14. The number of methoxy groups -OCH3 is 1. The number of nitrogens with one attached hydrogen (secondary N) is 1. The Morgan fingerprint density at radius 3 is 2.55 bits per heavy atom. The Morgan fingerprint density at radius 2 is 1.90 bits per heavy atom. The third-order valence-electron chi connectivity index (χ3n) is 4.11. The number of rotatable bonds is 7. The van der Waals surface area contributed by atoms with E-state index in [2.05, 4.69) is 5.32 Å². The van der Waals surface area contributed by atoms with Crippen LogP contribution in [0.4, 0.5) is 10.5 Å². The third kappa shape index (κ3) is 4.78. The molecular formula is C21H20N2O5S. The molecule has 0 bridgehead atoms. The van der Waals surface area contributed by atoms with Crippen molar-refractivity contribution in [3.8, 4) is 11.5 Å². The van der Waals surface area contributed by atoms with Gasteiger partial charge in [0.05, 0.1) is 12.0 Å². The van der Waals surface area contributed by atoms with Crippen molar-refractivity contribution >= 4 is 40.6 Å². The predicted octanol–water partition coefficient (Wildman–Crippen LogP) is 3.77. The molecule has 1 fully saturated rings. The fourth-order valence-corrected chi connectivity index (χ4v) is 3.63. The number of hydrogen-bond acceptors (Lipinski definition) is 6. The van der Waals surface area contributed by atoms with Crippen LogP contribution in [-0.2, 0) is 9.59 Å². The summed E-state index contributed by atoms with van der Waals surface area (Å²) in [4.78, 5) is 38.0. The number of thioether (sulfide) groups is 1. The predicted molar refractivity (Wildman–Crippen MR) is 112 cm³/mol. The molecule has 0 radical (unpaired) electrons. The first kappa shape index (κ1) is 20.5. The second kappa shape index (κ2) is 9.29. The Kier molecular flexibility index (Phi) is 6.56. The van der Waals surface area contributed by atoms with Gasteiger partial charge in [-0.15, -0.1) is 0 Å². The van der Waals surface area contributed by atoms with Gasteiger partial charge in [0, 0.05) is 17.8 Å². The van der Waals surface area contributed by atoms with E-state index in [1.54, 1.807) is 43.3 Å². The first-order valence-electron chi connectivity index (χ1n) is 8.93. The zero-order chi connectivity index (χ0) is 20.8. The SMILES string of the molecule is CCN1C(=O)S/C(=C/c2cccc(OC)c2OCC(=O)Nc2ccccc2)C1=O. The second-order valence-electron chi connectivity index (χ2n) is 6.01. The van der Waals surface area contributed by atoms with Crippen molar-refractivity contribution < 1.29 is 23.9 Å². The van der Waals surface area contributed by atoms with Crippen LogP contribution in [0.1, 0.15) is 12.5 Å². The van der Waals surface area contributed by atoms with Crippen molar-refractivity contribution in [3.05, 3.63) is 59.0 Å². The van der Waals surface area contributed by atoms with Gasteiger partial charge in [0.2, 0.25) is 0 Å². The molecular weight excluding hydrogens is 392 g/mol. The quantitative estimate of drug-likeness (QED) is 0.697. The van der Waals surface area contributed by atoms with E-state index in [1.807, 2.05) is 18.2 Å². The van der Waals surface area contributed by atoms with E-state index < -0.39 is 0 Å². The van der Waals surface area contributed by atoms with Crippen LogP contribution in [-0.4, -0.2) is 42.2 Å². The number of hydrogen-bond donors (Lipinski definition) is 1. The van der Waals surface area contributed by atoms with Crippen LogP contribution in [0.5, 0.6) is 11.5 Å².